The van der Waals surface area contributed by atoms with E-state index in [1.165, 1.54) is 0 Å². The maximum atomic E-state index is 5.84. The van der Waals surface area contributed by atoms with Crippen LogP contribution in [0.4, 0.5) is 0 Å². The van der Waals surface area contributed by atoms with Crippen LogP contribution in [0.5, 0.6) is 11.5 Å². The van der Waals surface area contributed by atoms with Gasteiger partial charge in [-0.25, -0.2) is 9.67 Å². The molecule has 0 saturated carbocycles. The van der Waals surface area contributed by atoms with Crippen molar-refractivity contribution >= 4 is 11.0 Å². The normalized spacial score (nSPS) is 16.2. The lowest BCUT2D eigenvalue weighted by atomic mass is 10.0. The van der Waals surface area contributed by atoms with Gasteiger partial charge in [-0.05, 0) is 61.1 Å². The van der Waals surface area contributed by atoms with Crippen molar-refractivity contribution < 1.29 is 14.2 Å². The first kappa shape index (κ1) is 20.5. The largest absolute Gasteiger partial charge is 0.497 e. The van der Waals surface area contributed by atoms with Gasteiger partial charge in [0.1, 0.15) is 17.7 Å². The highest BCUT2D eigenvalue weighted by Crippen LogP contribution is 2.27. The van der Waals surface area contributed by atoms with Crippen LogP contribution < -0.4 is 9.47 Å². The fraction of sp³-hybridized carbons (Fsp3) is 0.320. The zero-order valence-electron chi connectivity index (χ0n) is 18.3. The Balaban J connectivity index is 1.41. The molecule has 0 N–H and O–H groups in total. The van der Waals surface area contributed by atoms with Crippen LogP contribution in [0.15, 0.2) is 55.0 Å². The Morgan fingerprint density at radius 3 is 2.56 bits per heavy atom. The molecule has 164 valence electrons. The summed E-state index contributed by atoms with van der Waals surface area (Å²) in [7, 11) is 3.32. The van der Waals surface area contributed by atoms with Gasteiger partial charge in [0, 0.05) is 24.4 Å². The standard InChI is InChI=1S/C25H26N4O3/c1-30-20-10-18(11-21(13-20)31-2)9-17-6-7-22-23(12-17)28-24(15-26-22)19-14-27-29(16-19)25-5-3-4-8-32-25/h6-7,10-16,25H,3-5,8-9H2,1-2H3. The third-order valence-electron chi connectivity index (χ3n) is 5.77. The Labute approximate surface area is 187 Å². The lowest BCUT2D eigenvalue weighted by Crippen LogP contribution is -2.18. The SMILES string of the molecule is COc1cc(Cc2ccc3ncc(-c4cnn(C5CCCCO5)c4)nc3c2)cc(OC)c1. The molecule has 7 nitrogen and oxygen atoms in total. The molecule has 2 aromatic heterocycles. The lowest BCUT2D eigenvalue weighted by Gasteiger charge is -2.22. The first-order valence-corrected chi connectivity index (χ1v) is 10.9. The average Bonchev–Trinajstić information content (AvgIpc) is 3.34. The molecule has 1 saturated heterocycles. The van der Waals surface area contributed by atoms with E-state index in [0.29, 0.717) is 0 Å². The number of hydrogen-bond acceptors (Lipinski definition) is 6. The van der Waals surface area contributed by atoms with E-state index in [1.807, 2.05) is 41.3 Å². The highest BCUT2D eigenvalue weighted by atomic mass is 16.5. The molecule has 0 radical (unpaired) electrons. The number of methoxy groups -OCH3 is 2. The Hall–Kier alpha value is -3.45. The van der Waals surface area contributed by atoms with Gasteiger partial charge in [0.2, 0.25) is 0 Å². The number of aromatic nitrogens is 4. The van der Waals surface area contributed by atoms with E-state index in [-0.39, 0.29) is 6.23 Å². The minimum Gasteiger partial charge on any atom is -0.497 e. The molecule has 32 heavy (non-hydrogen) atoms. The van der Waals surface area contributed by atoms with Crippen LogP contribution in [0, 0.1) is 0 Å². The summed E-state index contributed by atoms with van der Waals surface area (Å²) in [5.74, 6) is 1.56. The third-order valence-corrected chi connectivity index (χ3v) is 5.77. The van der Waals surface area contributed by atoms with E-state index in [1.54, 1.807) is 20.4 Å². The Bertz CT molecular complexity index is 1210. The van der Waals surface area contributed by atoms with E-state index in [0.717, 1.165) is 77.2 Å². The third kappa shape index (κ3) is 4.29. The highest BCUT2D eigenvalue weighted by molar-refractivity contribution is 5.77. The van der Waals surface area contributed by atoms with Crippen LogP contribution in [0.3, 0.4) is 0 Å². The molecule has 0 bridgehead atoms. The molecular weight excluding hydrogens is 404 g/mol. The summed E-state index contributed by atoms with van der Waals surface area (Å²) >= 11 is 0. The lowest BCUT2D eigenvalue weighted by molar-refractivity contribution is -0.0394. The predicted octanol–water partition coefficient (Wildman–Crippen LogP) is 4.80. The molecule has 0 aliphatic carbocycles. The van der Waals surface area contributed by atoms with Crippen molar-refractivity contribution in [3.05, 3.63) is 66.1 Å². The van der Waals surface area contributed by atoms with Crippen LogP contribution >= 0.6 is 0 Å². The van der Waals surface area contributed by atoms with Crippen molar-refractivity contribution in [1.29, 1.82) is 0 Å². The van der Waals surface area contributed by atoms with Gasteiger partial charge in [-0.2, -0.15) is 5.10 Å². The van der Waals surface area contributed by atoms with E-state index >= 15 is 0 Å². The predicted molar refractivity (Wildman–Crippen MR) is 122 cm³/mol. The summed E-state index contributed by atoms with van der Waals surface area (Å²) in [6.07, 6.45) is 9.66. The fourth-order valence-electron chi connectivity index (χ4n) is 4.07. The number of fused-ring (bicyclic) bond motifs is 1. The fourth-order valence-corrected chi connectivity index (χ4v) is 4.07. The molecule has 0 amide bonds. The van der Waals surface area contributed by atoms with Gasteiger partial charge in [0.15, 0.2) is 0 Å². The monoisotopic (exact) mass is 430 g/mol. The maximum absolute atomic E-state index is 5.84. The molecule has 1 fully saturated rings. The highest BCUT2D eigenvalue weighted by Gasteiger charge is 2.17. The van der Waals surface area contributed by atoms with E-state index in [9.17, 15) is 0 Å². The van der Waals surface area contributed by atoms with Gasteiger partial charge >= 0.3 is 0 Å². The second-order valence-electron chi connectivity index (χ2n) is 8.01. The van der Waals surface area contributed by atoms with Crippen LogP contribution in [0.2, 0.25) is 0 Å². The molecule has 4 aromatic rings. The van der Waals surface area contributed by atoms with Crippen molar-refractivity contribution in [2.24, 2.45) is 0 Å². The van der Waals surface area contributed by atoms with E-state index < -0.39 is 0 Å². The van der Waals surface area contributed by atoms with Crippen LogP contribution in [-0.4, -0.2) is 40.6 Å². The zero-order chi connectivity index (χ0) is 21.9. The summed E-state index contributed by atoms with van der Waals surface area (Å²) in [5, 5.41) is 4.50. The van der Waals surface area contributed by atoms with Crippen LogP contribution in [0.25, 0.3) is 22.3 Å². The molecule has 5 rings (SSSR count). The van der Waals surface area contributed by atoms with E-state index in [4.69, 9.17) is 19.2 Å². The minimum atomic E-state index is 0.0115. The maximum Gasteiger partial charge on any atom is 0.150 e. The van der Waals surface area contributed by atoms with Crippen molar-refractivity contribution in [2.45, 2.75) is 31.9 Å². The summed E-state index contributed by atoms with van der Waals surface area (Å²) in [5.41, 5.74) is 5.72. The topological polar surface area (TPSA) is 71.3 Å². The second-order valence-corrected chi connectivity index (χ2v) is 8.01. The van der Waals surface area contributed by atoms with Crippen LogP contribution in [0.1, 0.15) is 36.6 Å². The van der Waals surface area contributed by atoms with Gasteiger partial charge in [-0.15, -0.1) is 0 Å². The summed E-state index contributed by atoms with van der Waals surface area (Å²) < 4.78 is 18.5. The van der Waals surface area contributed by atoms with Gasteiger partial charge in [-0.1, -0.05) is 6.07 Å². The molecule has 1 unspecified atom stereocenters. The van der Waals surface area contributed by atoms with Gasteiger partial charge < -0.3 is 14.2 Å². The molecule has 0 spiro atoms. The van der Waals surface area contributed by atoms with Crippen molar-refractivity contribution in [1.82, 2.24) is 19.7 Å². The number of hydrogen-bond donors (Lipinski definition) is 0. The molecule has 1 aliphatic rings. The average molecular weight is 431 g/mol. The Morgan fingerprint density at radius 2 is 1.81 bits per heavy atom. The minimum absolute atomic E-state index is 0.0115. The summed E-state index contributed by atoms with van der Waals surface area (Å²) in [6.45, 7) is 0.789. The summed E-state index contributed by atoms with van der Waals surface area (Å²) in [6, 6.07) is 12.1. The van der Waals surface area contributed by atoms with Crippen molar-refractivity contribution in [3.8, 4) is 22.8 Å². The van der Waals surface area contributed by atoms with Crippen molar-refractivity contribution in [2.75, 3.05) is 20.8 Å². The first-order valence-electron chi connectivity index (χ1n) is 10.9. The van der Waals surface area contributed by atoms with Gasteiger partial charge in [-0.3, -0.25) is 4.98 Å². The smallest absolute Gasteiger partial charge is 0.150 e. The second kappa shape index (κ2) is 8.96. The van der Waals surface area contributed by atoms with Crippen LogP contribution in [-0.2, 0) is 11.2 Å². The quantitative estimate of drug-likeness (QED) is 0.438. The zero-order valence-corrected chi connectivity index (χ0v) is 18.3. The number of ether oxygens (including phenoxy) is 3. The van der Waals surface area contributed by atoms with E-state index in [2.05, 4.69) is 22.2 Å². The molecular formula is C25H26N4O3. The molecule has 3 heterocycles. The molecule has 1 atom stereocenters. The molecule has 7 heteroatoms. The van der Waals surface area contributed by atoms with Crippen molar-refractivity contribution in [3.63, 3.8) is 0 Å². The molecule has 2 aromatic carbocycles. The number of benzene rings is 2. The first-order chi connectivity index (χ1) is 15.7. The summed E-state index contributed by atoms with van der Waals surface area (Å²) in [4.78, 5) is 9.48. The van der Waals surface area contributed by atoms with Gasteiger partial charge in [0.05, 0.1) is 43.3 Å². The number of rotatable bonds is 6. The van der Waals surface area contributed by atoms with Gasteiger partial charge in [0.25, 0.3) is 0 Å². The Morgan fingerprint density at radius 1 is 0.969 bits per heavy atom. The Kier molecular flexibility index (Phi) is 5.73. The number of nitrogens with zero attached hydrogens (tertiary/aromatic N) is 4. The molecule has 1 aliphatic heterocycles.